The predicted molar refractivity (Wildman–Crippen MR) is 96.2 cm³/mol. The summed E-state index contributed by atoms with van der Waals surface area (Å²) in [5.74, 6) is 0.646. The van der Waals surface area contributed by atoms with E-state index in [-0.39, 0.29) is 11.9 Å². The summed E-state index contributed by atoms with van der Waals surface area (Å²) >= 11 is 0. The Morgan fingerprint density at radius 1 is 1.32 bits per heavy atom. The van der Waals surface area contributed by atoms with E-state index in [0.717, 1.165) is 38.2 Å². The molecule has 0 bridgehead atoms. The lowest BCUT2D eigenvalue weighted by Crippen LogP contribution is -2.50. The molecule has 6 heteroatoms. The molecule has 0 unspecified atom stereocenters. The average Bonchev–Trinajstić information content (AvgIpc) is 3.00. The Morgan fingerprint density at radius 2 is 2.04 bits per heavy atom. The fourth-order valence-electron chi connectivity index (χ4n) is 4.10. The molecule has 0 radical (unpaired) electrons. The summed E-state index contributed by atoms with van der Waals surface area (Å²) in [6.45, 7) is 6.06. The molecule has 0 saturated carbocycles. The first kappa shape index (κ1) is 18.2. The number of piperidine rings is 1. The van der Waals surface area contributed by atoms with Gasteiger partial charge in [0.1, 0.15) is 5.75 Å². The van der Waals surface area contributed by atoms with E-state index in [4.69, 9.17) is 10.5 Å². The maximum Gasteiger partial charge on any atom is 0.234 e. The van der Waals surface area contributed by atoms with Crippen LogP contribution < -0.4 is 10.5 Å². The maximum absolute atomic E-state index is 11.6. The number of amides is 1. The monoisotopic (exact) mass is 347 g/mol. The first-order valence-corrected chi connectivity index (χ1v) is 9.24. The number of nitrogens with zero attached hydrogens (tertiary/aromatic N) is 2. The molecule has 2 atom stereocenters. The van der Waals surface area contributed by atoms with Gasteiger partial charge in [-0.1, -0.05) is 18.2 Å². The van der Waals surface area contributed by atoms with Crippen molar-refractivity contribution in [3.63, 3.8) is 0 Å². The molecular formula is C19H29N3O3. The molecule has 138 valence electrons. The normalized spacial score (nSPS) is 26.0. The summed E-state index contributed by atoms with van der Waals surface area (Å²) in [6, 6.07) is 8.21. The van der Waals surface area contributed by atoms with Crippen molar-refractivity contribution >= 4 is 5.91 Å². The van der Waals surface area contributed by atoms with Crippen LogP contribution in [-0.4, -0.2) is 65.2 Å². The molecule has 0 spiro atoms. The minimum Gasteiger partial charge on any atom is -0.494 e. The first-order valence-electron chi connectivity index (χ1n) is 9.24. The first-order chi connectivity index (χ1) is 12.1. The number of nitrogens with two attached hydrogens (primary N) is 1. The molecule has 2 heterocycles. The van der Waals surface area contributed by atoms with Gasteiger partial charge in [0.25, 0.3) is 0 Å². The van der Waals surface area contributed by atoms with Crippen LogP contribution >= 0.6 is 0 Å². The van der Waals surface area contributed by atoms with Gasteiger partial charge in [-0.25, -0.2) is 0 Å². The van der Waals surface area contributed by atoms with Crippen molar-refractivity contribution < 1.29 is 14.6 Å². The zero-order chi connectivity index (χ0) is 17.8. The Bertz CT molecular complexity index is 587. The molecule has 2 aliphatic heterocycles. The quantitative estimate of drug-likeness (QED) is 0.802. The van der Waals surface area contributed by atoms with Gasteiger partial charge in [-0.2, -0.15) is 0 Å². The lowest BCUT2D eigenvalue weighted by molar-refractivity contribution is -0.123. The highest BCUT2D eigenvalue weighted by Crippen LogP contribution is 2.28. The molecule has 1 aromatic carbocycles. The lowest BCUT2D eigenvalue weighted by atomic mass is 10.0. The number of rotatable bonds is 6. The van der Waals surface area contributed by atoms with Crippen molar-refractivity contribution in [2.45, 2.75) is 50.9 Å². The largest absolute Gasteiger partial charge is 0.494 e. The molecule has 0 aromatic heterocycles. The Morgan fingerprint density at radius 3 is 2.72 bits per heavy atom. The fourth-order valence-corrected chi connectivity index (χ4v) is 4.10. The number of para-hydroxylation sites is 1. The summed E-state index contributed by atoms with van der Waals surface area (Å²) in [5.41, 5.74) is 6.73. The zero-order valence-electron chi connectivity index (χ0n) is 14.9. The Balaban J connectivity index is 1.56. The minimum absolute atomic E-state index is 0.315. The van der Waals surface area contributed by atoms with E-state index in [1.807, 2.05) is 25.1 Å². The average molecular weight is 347 g/mol. The Hall–Kier alpha value is -1.63. The molecule has 3 N–H and O–H groups in total. The number of ether oxygens (including phenoxy) is 1. The topological polar surface area (TPSA) is 79.0 Å². The zero-order valence-corrected chi connectivity index (χ0v) is 14.9. The lowest BCUT2D eigenvalue weighted by Gasteiger charge is -2.38. The molecule has 2 saturated heterocycles. The summed E-state index contributed by atoms with van der Waals surface area (Å²) in [6.07, 6.45) is 2.02. The van der Waals surface area contributed by atoms with Crippen LogP contribution in [0.2, 0.25) is 0 Å². The number of likely N-dealkylation sites (tertiary alicyclic amines) is 2. The molecule has 2 fully saturated rings. The van der Waals surface area contributed by atoms with Gasteiger partial charge in [0.2, 0.25) is 5.91 Å². The van der Waals surface area contributed by atoms with Gasteiger partial charge in [-0.15, -0.1) is 0 Å². The Labute approximate surface area is 149 Å². The van der Waals surface area contributed by atoms with E-state index in [1.54, 1.807) is 0 Å². The number of carbonyl (C=O) groups excluding carboxylic acids is 1. The van der Waals surface area contributed by atoms with Crippen LogP contribution in [0.4, 0.5) is 0 Å². The van der Waals surface area contributed by atoms with E-state index in [0.29, 0.717) is 25.6 Å². The number of hydrogen-bond donors (Lipinski definition) is 2. The van der Waals surface area contributed by atoms with E-state index in [1.165, 1.54) is 5.56 Å². The molecule has 1 aromatic rings. The maximum atomic E-state index is 11.6. The van der Waals surface area contributed by atoms with Crippen LogP contribution in [0, 0.1) is 0 Å². The van der Waals surface area contributed by atoms with Gasteiger partial charge in [0.05, 0.1) is 18.8 Å². The number of β-amino-alcohol motifs (C(OH)–C–C–N with tert-alkyl or cyclic N) is 1. The second-order valence-corrected chi connectivity index (χ2v) is 7.05. The summed E-state index contributed by atoms with van der Waals surface area (Å²) < 4.78 is 5.72. The molecule has 3 rings (SSSR count). The van der Waals surface area contributed by atoms with E-state index in [2.05, 4.69) is 15.9 Å². The van der Waals surface area contributed by atoms with Crippen LogP contribution in [0.3, 0.4) is 0 Å². The van der Waals surface area contributed by atoms with Crippen molar-refractivity contribution in [2.75, 3.05) is 26.2 Å². The molecule has 1 amide bonds. The highest BCUT2D eigenvalue weighted by molar-refractivity contribution is 5.80. The minimum atomic E-state index is -0.436. The summed E-state index contributed by atoms with van der Waals surface area (Å²) in [5, 5.41) is 9.90. The van der Waals surface area contributed by atoms with E-state index in [9.17, 15) is 9.90 Å². The van der Waals surface area contributed by atoms with Crippen molar-refractivity contribution in [2.24, 2.45) is 5.73 Å². The van der Waals surface area contributed by atoms with Crippen LogP contribution in [0.15, 0.2) is 24.3 Å². The Kier molecular flexibility index (Phi) is 5.93. The number of hydrogen-bond acceptors (Lipinski definition) is 5. The van der Waals surface area contributed by atoms with Gasteiger partial charge >= 0.3 is 0 Å². The number of carbonyl (C=O) groups is 1. The van der Waals surface area contributed by atoms with E-state index < -0.39 is 6.10 Å². The van der Waals surface area contributed by atoms with Crippen molar-refractivity contribution in [1.29, 1.82) is 0 Å². The van der Waals surface area contributed by atoms with Crippen molar-refractivity contribution in [3.05, 3.63) is 29.8 Å². The van der Waals surface area contributed by atoms with Gasteiger partial charge in [-0.3, -0.25) is 14.6 Å². The molecule has 0 aliphatic carbocycles. The smallest absolute Gasteiger partial charge is 0.234 e. The molecule has 6 nitrogen and oxygen atoms in total. The SMILES string of the molecule is CCOc1ccccc1CN1CCC(N2C[C@H](O)C[C@H]2C(N)=O)CC1. The number of aliphatic hydroxyl groups excluding tert-OH is 1. The van der Waals surface area contributed by atoms with Crippen LogP contribution in [0.5, 0.6) is 5.75 Å². The van der Waals surface area contributed by atoms with Gasteiger partial charge in [0.15, 0.2) is 0 Å². The number of primary amides is 1. The van der Waals surface area contributed by atoms with Gasteiger partial charge < -0.3 is 15.6 Å². The van der Waals surface area contributed by atoms with E-state index >= 15 is 0 Å². The van der Waals surface area contributed by atoms with Crippen molar-refractivity contribution in [1.82, 2.24) is 9.80 Å². The highest BCUT2D eigenvalue weighted by Gasteiger charge is 2.39. The second-order valence-electron chi connectivity index (χ2n) is 7.05. The third-order valence-corrected chi connectivity index (χ3v) is 5.34. The third-order valence-electron chi connectivity index (χ3n) is 5.34. The third kappa shape index (κ3) is 4.32. The predicted octanol–water partition coefficient (Wildman–Crippen LogP) is 0.970. The standard InChI is InChI=1S/C19H29N3O3/c1-2-25-18-6-4-3-5-14(18)12-21-9-7-15(8-10-21)22-13-16(23)11-17(22)19(20)24/h3-6,15-17,23H,2,7-13H2,1H3,(H2,20,24)/t16-,17+/m1/s1. The van der Waals surface area contributed by atoms with Gasteiger partial charge in [0, 0.05) is 24.7 Å². The molecule has 25 heavy (non-hydrogen) atoms. The summed E-state index contributed by atoms with van der Waals surface area (Å²) in [4.78, 5) is 16.2. The van der Waals surface area contributed by atoms with Gasteiger partial charge in [-0.05, 0) is 45.3 Å². The number of aliphatic hydroxyl groups is 1. The van der Waals surface area contributed by atoms with Crippen LogP contribution in [0.1, 0.15) is 31.7 Å². The summed E-state index contributed by atoms with van der Waals surface area (Å²) in [7, 11) is 0. The second kappa shape index (κ2) is 8.17. The molecule has 2 aliphatic rings. The highest BCUT2D eigenvalue weighted by atomic mass is 16.5. The molecular weight excluding hydrogens is 318 g/mol. The van der Waals surface area contributed by atoms with Crippen LogP contribution in [-0.2, 0) is 11.3 Å². The fraction of sp³-hybridized carbons (Fsp3) is 0.632. The van der Waals surface area contributed by atoms with Crippen molar-refractivity contribution in [3.8, 4) is 5.75 Å². The van der Waals surface area contributed by atoms with Crippen LogP contribution in [0.25, 0.3) is 0 Å². The number of benzene rings is 1.